The Kier molecular flexibility index (Phi) is 4.76. The van der Waals surface area contributed by atoms with Crippen molar-refractivity contribution < 1.29 is 4.74 Å². The number of likely N-dealkylation sites (tertiary alicyclic amines) is 1. The van der Waals surface area contributed by atoms with Crippen molar-refractivity contribution in [3.8, 4) is 0 Å². The second kappa shape index (κ2) is 7.05. The molecule has 3 heteroatoms. The maximum atomic E-state index is 5.58. The first kappa shape index (κ1) is 17.6. The zero-order valence-electron chi connectivity index (χ0n) is 16.3. The molecule has 0 unspecified atom stereocenters. The number of hydrogen-bond donors (Lipinski definition) is 1. The third kappa shape index (κ3) is 3.26. The van der Waals surface area contributed by atoms with Gasteiger partial charge in [0.2, 0.25) is 0 Å². The first-order chi connectivity index (χ1) is 12.6. The Labute approximate surface area is 157 Å². The molecule has 2 aliphatic rings. The minimum atomic E-state index is 0.00107. The fourth-order valence-corrected chi connectivity index (χ4v) is 4.35. The maximum absolute atomic E-state index is 5.58. The molecular formula is C23H30N2O. The molecule has 3 nitrogen and oxygen atoms in total. The van der Waals surface area contributed by atoms with Gasteiger partial charge in [0.1, 0.15) is 0 Å². The molecule has 1 saturated heterocycles. The average Bonchev–Trinajstić information content (AvgIpc) is 3.13. The van der Waals surface area contributed by atoms with Crippen LogP contribution in [0.3, 0.4) is 0 Å². The molecule has 26 heavy (non-hydrogen) atoms. The monoisotopic (exact) mass is 350 g/mol. The van der Waals surface area contributed by atoms with Gasteiger partial charge in [0, 0.05) is 29.9 Å². The van der Waals surface area contributed by atoms with Gasteiger partial charge in [-0.05, 0) is 67.2 Å². The van der Waals surface area contributed by atoms with E-state index in [0.717, 1.165) is 13.2 Å². The summed E-state index contributed by atoms with van der Waals surface area (Å²) in [6, 6.07) is 13.7. The van der Waals surface area contributed by atoms with Crippen molar-refractivity contribution in [1.82, 2.24) is 4.90 Å². The Balaban J connectivity index is 1.63. The first-order valence-electron chi connectivity index (χ1n) is 9.92. The lowest BCUT2D eigenvalue weighted by Gasteiger charge is -2.36. The zero-order chi connectivity index (χ0) is 18.1. The highest BCUT2D eigenvalue weighted by Crippen LogP contribution is 2.45. The molecule has 0 bridgehead atoms. The summed E-state index contributed by atoms with van der Waals surface area (Å²) in [4.78, 5) is 2.57. The van der Waals surface area contributed by atoms with Crippen LogP contribution in [0.5, 0.6) is 0 Å². The molecule has 0 radical (unpaired) electrons. The lowest BCUT2D eigenvalue weighted by Crippen LogP contribution is -2.27. The number of rotatable bonds is 5. The quantitative estimate of drug-likeness (QED) is 0.802. The van der Waals surface area contributed by atoms with E-state index in [2.05, 4.69) is 60.5 Å². The summed E-state index contributed by atoms with van der Waals surface area (Å²) in [6.07, 6.45) is 2.69. The van der Waals surface area contributed by atoms with Gasteiger partial charge in [-0.2, -0.15) is 0 Å². The molecule has 138 valence electrons. The summed E-state index contributed by atoms with van der Waals surface area (Å²) in [5.41, 5.74) is 7.87. The number of fused-ring (bicyclic) bond motifs is 2. The van der Waals surface area contributed by atoms with Gasteiger partial charge in [-0.1, -0.05) is 38.1 Å². The highest BCUT2D eigenvalue weighted by Gasteiger charge is 2.33. The van der Waals surface area contributed by atoms with Crippen LogP contribution < -0.4 is 5.32 Å². The van der Waals surface area contributed by atoms with Crippen LogP contribution in [0, 0.1) is 0 Å². The van der Waals surface area contributed by atoms with E-state index in [0.29, 0.717) is 6.61 Å². The van der Waals surface area contributed by atoms with Gasteiger partial charge in [-0.3, -0.25) is 4.90 Å². The lowest BCUT2D eigenvalue weighted by atomic mass is 9.73. The van der Waals surface area contributed by atoms with Crippen LogP contribution in [0.1, 0.15) is 55.9 Å². The maximum Gasteiger partial charge on any atom is 0.0717 e. The Hall–Kier alpha value is -1.84. The van der Waals surface area contributed by atoms with Gasteiger partial charge in [0.05, 0.1) is 6.61 Å². The van der Waals surface area contributed by atoms with Gasteiger partial charge >= 0.3 is 0 Å². The molecule has 1 N–H and O–H groups in total. The Morgan fingerprint density at radius 3 is 2.50 bits per heavy atom. The molecule has 0 aromatic heterocycles. The van der Waals surface area contributed by atoms with Crippen molar-refractivity contribution in [3.63, 3.8) is 0 Å². The van der Waals surface area contributed by atoms with Crippen molar-refractivity contribution >= 4 is 11.4 Å². The predicted molar refractivity (Wildman–Crippen MR) is 108 cm³/mol. The third-order valence-electron chi connectivity index (χ3n) is 5.86. The Morgan fingerprint density at radius 1 is 0.962 bits per heavy atom. The number of hydrogen-bond acceptors (Lipinski definition) is 3. The van der Waals surface area contributed by atoms with E-state index < -0.39 is 0 Å². The highest BCUT2D eigenvalue weighted by molar-refractivity contribution is 5.76. The number of nitrogens with zero attached hydrogens (tertiary/aromatic N) is 1. The standard InChI is InChI=1S/C23H30N2O/c1-4-26-16-18-7-9-19-22(14-18)24-21-10-8-17(13-20(21)23(19,2)3)15-25-11-5-6-12-25/h7-10,13-14,24H,4-6,11-12,15-16H2,1-3H3. The zero-order valence-corrected chi connectivity index (χ0v) is 16.3. The minimum absolute atomic E-state index is 0.00107. The van der Waals surface area contributed by atoms with E-state index >= 15 is 0 Å². The van der Waals surface area contributed by atoms with Crippen molar-refractivity contribution in [3.05, 3.63) is 58.7 Å². The molecule has 1 fully saturated rings. The summed E-state index contributed by atoms with van der Waals surface area (Å²) < 4.78 is 5.58. The van der Waals surface area contributed by atoms with E-state index in [4.69, 9.17) is 4.74 Å². The second-order valence-electron chi connectivity index (χ2n) is 8.13. The van der Waals surface area contributed by atoms with Crippen LogP contribution in [0.25, 0.3) is 0 Å². The van der Waals surface area contributed by atoms with Crippen LogP contribution in [-0.2, 0) is 23.3 Å². The van der Waals surface area contributed by atoms with Gasteiger partial charge < -0.3 is 10.1 Å². The summed E-state index contributed by atoms with van der Waals surface area (Å²) in [7, 11) is 0. The van der Waals surface area contributed by atoms with Crippen molar-refractivity contribution in [1.29, 1.82) is 0 Å². The van der Waals surface area contributed by atoms with Crippen LogP contribution in [0.4, 0.5) is 11.4 Å². The first-order valence-corrected chi connectivity index (χ1v) is 9.92. The number of anilines is 2. The Morgan fingerprint density at radius 2 is 1.73 bits per heavy atom. The van der Waals surface area contributed by atoms with Crippen LogP contribution in [0.15, 0.2) is 36.4 Å². The van der Waals surface area contributed by atoms with E-state index in [9.17, 15) is 0 Å². The number of benzene rings is 2. The second-order valence-corrected chi connectivity index (χ2v) is 8.13. The number of nitrogens with one attached hydrogen (secondary N) is 1. The van der Waals surface area contributed by atoms with Crippen LogP contribution in [0.2, 0.25) is 0 Å². The van der Waals surface area contributed by atoms with Crippen LogP contribution in [-0.4, -0.2) is 24.6 Å². The topological polar surface area (TPSA) is 24.5 Å². The average molecular weight is 351 g/mol. The lowest BCUT2D eigenvalue weighted by molar-refractivity contribution is 0.134. The molecule has 0 atom stereocenters. The van der Waals surface area contributed by atoms with Crippen molar-refractivity contribution in [2.24, 2.45) is 0 Å². The molecule has 0 aliphatic carbocycles. The van der Waals surface area contributed by atoms with Crippen molar-refractivity contribution in [2.45, 2.75) is 52.2 Å². The normalized spacial score (nSPS) is 18.3. The fourth-order valence-electron chi connectivity index (χ4n) is 4.35. The molecule has 2 aliphatic heterocycles. The summed E-state index contributed by atoms with van der Waals surface area (Å²) in [5, 5.41) is 3.66. The molecule has 4 rings (SSSR count). The molecule has 0 spiro atoms. The largest absolute Gasteiger partial charge is 0.377 e. The summed E-state index contributed by atoms with van der Waals surface area (Å²) >= 11 is 0. The molecule has 0 saturated carbocycles. The van der Waals surface area contributed by atoms with Crippen LogP contribution >= 0.6 is 0 Å². The molecule has 2 aromatic carbocycles. The van der Waals surface area contributed by atoms with Gasteiger partial charge in [0.25, 0.3) is 0 Å². The molecule has 2 heterocycles. The van der Waals surface area contributed by atoms with E-state index in [1.165, 1.54) is 59.6 Å². The summed E-state index contributed by atoms with van der Waals surface area (Å²) in [5.74, 6) is 0. The van der Waals surface area contributed by atoms with E-state index in [1.807, 2.05) is 6.92 Å². The van der Waals surface area contributed by atoms with E-state index in [-0.39, 0.29) is 5.41 Å². The molecule has 2 aromatic rings. The highest BCUT2D eigenvalue weighted by atomic mass is 16.5. The Bertz CT molecular complexity index is 791. The fraction of sp³-hybridized carbons (Fsp3) is 0.478. The van der Waals surface area contributed by atoms with Gasteiger partial charge in [-0.25, -0.2) is 0 Å². The van der Waals surface area contributed by atoms with Gasteiger partial charge in [0.15, 0.2) is 0 Å². The van der Waals surface area contributed by atoms with Crippen molar-refractivity contribution in [2.75, 3.05) is 25.0 Å². The van der Waals surface area contributed by atoms with E-state index in [1.54, 1.807) is 0 Å². The third-order valence-corrected chi connectivity index (χ3v) is 5.86. The molecular weight excluding hydrogens is 320 g/mol. The van der Waals surface area contributed by atoms with Gasteiger partial charge in [-0.15, -0.1) is 0 Å². The smallest absolute Gasteiger partial charge is 0.0717 e. The summed E-state index contributed by atoms with van der Waals surface area (Å²) in [6.45, 7) is 11.7. The SMILES string of the molecule is CCOCc1ccc2c(c1)Nc1ccc(CN3CCCC3)cc1C2(C)C. The molecule has 0 amide bonds. The minimum Gasteiger partial charge on any atom is -0.377 e. The number of ether oxygens (including phenoxy) is 1. The predicted octanol–water partition coefficient (Wildman–Crippen LogP) is 5.20.